The molecule has 0 unspecified atom stereocenters. The molecule has 7 nitrogen and oxygen atoms in total. The Morgan fingerprint density at radius 1 is 0.872 bits per heavy atom. The van der Waals surface area contributed by atoms with Crippen LogP contribution in [0.1, 0.15) is 36.7 Å². The summed E-state index contributed by atoms with van der Waals surface area (Å²) >= 11 is 1.26. The first-order valence-electron chi connectivity index (χ1n) is 13.0. The summed E-state index contributed by atoms with van der Waals surface area (Å²) < 4.78 is 43.2. The molecule has 0 aliphatic carbocycles. The minimum absolute atomic E-state index is 0.119. The van der Waals surface area contributed by atoms with E-state index < -0.39 is 15.8 Å². The van der Waals surface area contributed by atoms with Gasteiger partial charge < -0.3 is 4.90 Å². The van der Waals surface area contributed by atoms with Gasteiger partial charge in [-0.05, 0) is 55.1 Å². The minimum atomic E-state index is -3.76. The number of hydrogen-bond donors (Lipinski definition) is 0. The number of aromatic nitrogens is 1. The van der Waals surface area contributed by atoms with Crippen molar-refractivity contribution in [1.29, 1.82) is 0 Å². The maximum absolute atomic E-state index is 14.4. The van der Waals surface area contributed by atoms with Crippen LogP contribution in [0.25, 0.3) is 10.2 Å². The second-order valence-electron chi connectivity index (χ2n) is 9.01. The third-order valence-electron chi connectivity index (χ3n) is 6.66. The van der Waals surface area contributed by atoms with Crippen molar-refractivity contribution in [3.05, 3.63) is 89.7 Å². The van der Waals surface area contributed by atoms with Gasteiger partial charge in [0, 0.05) is 31.7 Å². The third kappa shape index (κ3) is 6.52. The fourth-order valence-corrected chi connectivity index (χ4v) is 6.75. The number of hydrogen-bond acceptors (Lipinski definition) is 6. The van der Waals surface area contributed by atoms with Crippen LogP contribution in [-0.2, 0) is 16.6 Å². The Balaban J connectivity index is 1.61. The highest BCUT2D eigenvalue weighted by Crippen LogP contribution is 2.31. The van der Waals surface area contributed by atoms with Crippen LogP contribution in [0.5, 0.6) is 0 Å². The van der Waals surface area contributed by atoms with Crippen LogP contribution in [0.3, 0.4) is 0 Å². The lowest BCUT2D eigenvalue weighted by molar-refractivity contribution is 0.0983. The molecule has 0 saturated heterocycles. The van der Waals surface area contributed by atoms with Gasteiger partial charge in [0.05, 0.1) is 9.60 Å². The summed E-state index contributed by atoms with van der Waals surface area (Å²) in [7, 11) is -3.76. The van der Waals surface area contributed by atoms with E-state index in [0.29, 0.717) is 35.0 Å². The molecule has 0 N–H and O–H groups in total. The Labute approximate surface area is 233 Å². The topological polar surface area (TPSA) is 73.8 Å². The number of para-hydroxylation sites is 1. The predicted molar refractivity (Wildman–Crippen MR) is 155 cm³/mol. The van der Waals surface area contributed by atoms with Crippen molar-refractivity contribution in [2.45, 2.75) is 32.2 Å². The molecule has 4 aromatic rings. The van der Waals surface area contributed by atoms with E-state index in [2.05, 4.69) is 23.7 Å². The lowest BCUT2D eigenvalue weighted by atomic mass is 10.2. The lowest BCUT2D eigenvalue weighted by Crippen LogP contribution is -2.39. The van der Waals surface area contributed by atoms with E-state index >= 15 is 0 Å². The van der Waals surface area contributed by atoms with E-state index in [-0.39, 0.29) is 22.9 Å². The second kappa shape index (κ2) is 12.8. The van der Waals surface area contributed by atoms with Crippen LogP contribution in [0.2, 0.25) is 0 Å². The van der Waals surface area contributed by atoms with Crippen LogP contribution < -0.4 is 4.90 Å². The van der Waals surface area contributed by atoms with Gasteiger partial charge >= 0.3 is 0 Å². The van der Waals surface area contributed by atoms with E-state index in [4.69, 9.17) is 0 Å². The van der Waals surface area contributed by atoms with E-state index in [1.807, 2.05) is 30.3 Å². The average molecular weight is 569 g/mol. The molecule has 3 aromatic carbocycles. The number of carbonyl (C=O) groups excluding carboxylic acids is 1. The van der Waals surface area contributed by atoms with Crippen molar-refractivity contribution in [1.82, 2.24) is 14.2 Å². The smallest absolute Gasteiger partial charge is 0.260 e. The molecule has 0 atom stereocenters. The Hall–Kier alpha value is -3.18. The molecule has 10 heteroatoms. The fraction of sp³-hybridized carbons (Fsp3) is 0.310. The molecule has 206 valence electrons. The van der Waals surface area contributed by atoms with Crippen LogP contribution >= 0.6 is 11.3 Å². The first-order chi connectivity index (χ1) is 18.8. The number of halogens is 1. The van der Waals surface area contributed by atoms with E-state index in [9.17, 15) is 17.6 Å². The Kier molecular flexibility index (Phi) is 9.45. The SMILES string of the molecule is CCN(CC)CCN(C(=O)c1ccc(S(=O)(=O)N(CC)Cc2ccccc2)cc1)c1nc2c(F)cccc2s1. The minimum Gasteiger partial charge on any atom is -0.302 e. The molecule has 0 aliphatic heterocycles. The van der Waals surface area contributed by atoms with Crippen molar-refractivity contribution in [3.63, 3.8) is 0 Å². The molecule has 0 fully saturated rings. The largest absolute Gasteiger partial charge is 0.302 e. The molecule has 0 saturated carbocycles. The molecule has 1 aromatic heterocycles. The van der Waals surface area contributed by atoms with Crippen molar-refractivity contribution >= 4 is 42.6 Å². The monoisotopic (exact) mass is 568 g/mol. The first-order valence-corrected chi connectivity index (χ1v) is 15.3. The normalized spacial score (nSPS) is 11.9. The Bertz CT molecular complexity index is 1500. The van der Waals surface area contributed by atoms with Gasteiger partial charge in [-0.25, -0.2) is 17.8 Å². The highest BCUT2D eigenvalue weighted by Gasteiger charge is 2.26. The number of amides is 1. The van der Waals surface area contributed by atoms with Crippen molar-refractivity contribution < 1.29 is 17.6 Å². The van der Waals surface area contributed by atoms with Crippen LogP contribution in [0, 0.1) is 5.82 Å². The van der Waals surface area contributed by atoms with Crippen molar-refractivity contribution in [2.24, 2.45) is 0 Å². The van der Waals surface area contributed by atoms with Gasteiger partial charge in [0.15, 0.2) is 5.13 Å². The maximum Gasteiger partial charge on any atom is 0.260 e. The van der Waals surface area contributed by atoms with E-state index in [1.54, 1.807) is 24.0 Å². The van der Waals surface area contributed by atoms with Crippen molar-refractivity contribution in [2.75, 3.05) is 37.6 Å². The molecular formula is C29H33FN4O3S2. The number of benzene rings is 3. The fourth-order valence-electron chi connectivity index (χ4n) is 4.31. The van der Waals surface area contributed by atoms with Crippen LogP contribution in [-0.4, -0.2) is 61.2 Å². The highest BCUT2D eigenvalue weighted by molar-refractivity contribution is 7.89. The van der Waals surface area contributed by atoms with E-state index in [1.165, 1.54) is 46.0 Å². The number of thiazole rings is 1. The first kappa shape index (κ1) is 28.8. The van der Waals surface area contributed by atoms with Gasteiger partial charge in [0.1, 0.15) is 11.3 Å². The number of rotatable bonds is 12. The Morgan fingerprint density at radius 3 is 2.18 bits per heavy atom. The highest BCUT2D eigenvalue weighted by atomic mass is 32.2. The summed E-state index contributed by atoms with van der Waals surface area (Å²) in [6.07, 6.45) is 0. The summed E-state index contributed by atoms with van der Waals surface area (Å²) in [5, 5.41) is 0.406. The number of sulfonamides is 1. The zero-order valence-electron chi connectivity index (χ0n) is 22.4. The molecule has 39 heavy (non-hydrogen) atoms. The molecule has 0 spiro atoms. The number of likely N-dealkylation sites (N-methyl/N-ethyl adjacent to an activating group) is 1. The average Bonchev–Trinajstić information content (AvgIpc) is 3.40. The number of nitrogens with zero attached hydrogens (tertiary/aromatic N) is 4. The van der Waals surface area contributed by atoms with E-state index in [0.717, 1.165) is 18.7 Å². The molecule has 1 heterocycles. The molecule has 0 radical (unpaired) electrons. The van der Waals surface area contributed by atoms with Gasteiger partial charge in [-0.3, -0.25) is 9.69 Å². The summed E-state index contributed by atoms with van der Waals surface area (Å²) in [5.41, 5.74) is 1.46. The summed E-state index contributed by atoms with van der Waals surface area (Å²) in [5.74, 6) is -0.751. The second-order valence-corrected chi connectivity index (χ2v) is 12.0. The van der Waals surface area contributed by atoms with Crippen molar-refractivity contribution in [3.8, 4) is 0 Å². The standard InChI is InChI=1S/C29H33FN4O3S2/c1-4-32(5-2)19-20-34(29-31-27-25(30)13-10-14-26(27)38-29)28(35)23-15-17-24(18-16-23)39(36,37)33(6-3)21-22-11-8-7-9-12-22/h7-18H,4-6,19-21H2,1-3H3. The van der Waals surface area contributed by atoms with Gasteiger partial charge in [-0.15, -0.1) is 0 Å². The maximum atomic E-state index is 14.4. The van der Waals surface area contributed by atoms with Gasteiger partial charge in [0.2, 0.25) is 10.0 Å². The molecule has 1 amide bonds. The van der Waals surface area contributed by atoms with Crippen LogP contribution in [0.4, 0.5) is 9.52 Å². The predicted octanol–water partition coefficient (Wildman–Crippen LogP) is 5.63. The zero-order chi connectivity index (χ0) is 28.0. The quantitative estimate of drug-likeness (QED) is 0.221. The van der Waals surface area contributed by atoms with Gasteiger partial charge in [-0.1, -0.05) is 68.5 Å². The molecule has 0 bridgehead atoms. The molecule has 0 aliphatic rings. The zero-order valence-corrected chi connectivity index (χ0v) is 24.0. The van der Waals surface area contributed by atoms with Gasteiger partial charge in [-0.2, -0.15) is 4.31 Å². The summed E-state index contributed by atoms with van der Waals surface area (Å²) in [6, 6.07) is 20.2. The number of fused-ring (bicyclic) bond motifs is 1. The lowest BCUT2D eigenvalue weighted by Gasteiger charge is -2.25. The third-order valence-corrected chi connectivity index (χ3v) is 9.64. The molecular weight excluding hydrogens is 535 g/mol. The molecule has 4 rings (SSSR count). The number of carbonyl (C=O) groups is 1. The Morgan fingerprint density at radius 2 is 1.56 bits per heavy atom. The van der Waals surface area contributed by atoms with Crippen LogP contribution in [0.15, 0.2) is 77.7 Å². The van der Waals surface area contributed by atoms with Gasteiger partial charge in [0.25, 0.3) is 5.91 Å². The number of anilines is 1. The summed E-state index contributed by atoms with van der Waals surface area (Å²) in [6.45, 7) is 9.12. The summed E-state index contributed by atoms with van der Waals surface area (Å²) in [4.78, 5) is 22.0.